The molecule has 0 radical (unpaired) electrons. The number of carbonyl (C=O) groups is 1. The molecule has 0 fully saturated rings. The minimum Gasteiger partial charge on any atom is -0.300 e. The molecule has 1 amide bonds. The van der Waals surface area contributed by atoms with Gasteiger partial charge in [0, 0.05) is 21.7 Å². The van der Waals surface area contributed by atoms with Gasteiger partial charge >= 0.3 is 0 Å². The summed E-state index contributed by atoms with van der Waals surface area (Å²) in [4.78, 5) is 14.5. The summed E-state index contributed by atoms with van der Waals surface area (Å²) in [5.74, 6) is -0.373. The predicted molar refractivity (Wildman–Crippen MR) is 96.2 cm³/mol. The first-order chi connectivity index (χ1) is 11.4. The molecule has 6 heteroatoms. The third kappa shape index (κ3) is 3.52. The van der Waals surface area contributed by atoms with E-state index in [2.05, 4.69) is 0 Å². The van der Waals surface area contributed by atoms with Gasteiger partial charge in [0.25, 0.3) is 5.91 Å². The third-order valence-corrected chi connectivity index (χ3v) is 5.49. The first-order valence-corrected chi connectivity index (χ1v) is 9.52. The maximum Gasteiger partial charge on any atom is 0.258 e. The Morgan fingerprint density at radius 3 is 2.25 bits per heavy atom. The molecule has 0 saturated carbocycles. The molecule has 3 rings (SSSR count). The van der Waals surface area contributed by atoms with Crippen molar-refractivity contribution in [1.29, 1.82) is 0 Å². The first-order valence-electron chi connectivity index (χ1n) is 7.42. The van der Waals surface area contributed by atoms with Crippen molar-refractivity contribution in [2.75, 3.05) is 10.7 Å². The number of benzene rings is 2. The normalized spacial score (nSPS) is 18.5. The van der Waals surface area contributed by atoms with Crippen molar-refractivity contribution < 1.29 is 13.2 Å². The highest BCUT2D eigenvalue weighted by Gasteiger charge is 2.31. The molecule has 2 aromatic rings. The Morgan fingerprint density at radius 2 is 1.71 bits per heavy atom. The number of sulfone groups is 1. The van der Waals surface area contributed by atoms with Crippen LogP contribution in [0.15, 0.2) is 60.0 Å². The fourth-order valence-electron chi connectivity index (χ4n) is 2.62. The average molecular weight is 362 g/mol. The Morgan fingerprint density at radius 1 is 1.08 bits per heavy atom. The second-order valence-corrected chi connectivity index (χ2v) is 8.11. The minimum absolute atomic E-state index is 0.111. The molecule has 24 heavy (non-hydrogen) atoms. The van der Waals surface area contributed by atoms with E-state index in [1.165, 1.54) is 10.3 Å². The molecule has 1 heterocycles. The predicted octanol–water partition coefficient (Wildman–Crippen LogP) is 3.61. The number of carbonyl (C=O) groups excluding carboxylic acids is 1. The largest absolute Gasteiger partial charge is 0.300 e. The molecule has 4 nitrogen and oxygen atoms in total. The number of rotatable bonds is 3. The van der Waals surface area contributed by atoms with Crippen LogP contribution in [0.5, 0.6) is 0 Å². The van der Waals surface area contributed by atoms with Crippen molar-refractivity contribution >= 4 is 33.0 Å². The zero-order valence-electron chi connectivity index (χ0n) is 13.0. The van der Waals surface area contributed by atoms with Gasteiger partial charge in [-0.25, -0.2) is 8.42 Å². The van der Waals surface area contributed by atoms with Crippen molar-refractivity contribution in [1.82, 2.24) is 0 Å². The second-order valence-electron chi connectivity index (χ2n) is 5.74. The summed E-state index contributed by atoms with van der Waals surface area (Å²) < 4.78 is 23.6. The highest BCUT2D eigenvalue weighted by Crippen LogP contribution is 2.25. The Labute approximate surface area is 146 Å². The lowest BCUT2D eigenvalue weighted by Gasteiger charge is -2.28. The first kappa shape index (κ1) is 16.7. The molecule has 0 saturated heterocycles. The molecule has 0 bridgehead atoms. The van der Waals surface area contributed by atoms with E-state index in [4.69, 9.17) is 11.6 Å². The van der Waals surface area contributed by atoms with Gasteiger partial charge in [-0.15, -0.1) is 0 Å². The summed E-state index contributed by atoms with van der Waals surface area (Å²) in [5.41, 5.74) is 2.18. The van der Waals surface area contributed by atoms with Crippen LogP contribution in [0.4, 0.5) is 5.69 Å². The molecule has 0 aliphatic carbocycles. The molecule has 0 unspecified atom stereocenters. The fourth-order valence-corrected chi connectivity index (χ4v) is 4.01. The standard InChI is InChI=1S/C18H16ClNO3S/c1-13-2-8-16(9-3-13)20(17-10-11-24(22,23)12-17)18(21)14-4-6-15(19)7-5-14/h2-11,17H,12H2,1H3/t17-/m0/s1. The number of aryl methyl sites for hydroxylation is 1. The fraction of sp³-hybridized carbons (Fsp3) is 0.167. The van der Waals surface area contributed by atoms with E-state index in [-0.39, 0.29) is 11.7 Å². The van der Waals surface area contributed by atoms with Crippen LogP contribution in [-0.4, -0.2) is 26.1 Å². The number of nitrogens with zero attached hydrogens (tertiary/aromatic N) is 1. The molecule has 2 aromatic carbocycles. The summed E-state index contributed by atoms with van der Waals surface area (Å²) in [6, 6.07) is 13.5. The van der Waals surface area contributed by atoms with Crippen LogP contribution in [-0.2, 0) is 9.84 Å². The molecular weight excluding hydrogens is 346 g/mol. The number of hydrogen-bond donors (Lipinski definition) is 0. The summed E-state index contributed by atoms with van der Waals surface area (Å²) in [6.07, 6.45) is 1.56. The molecule has 0 spiro atoms. The summed E-state index contributed by atoms with van der Waals surface area (Å²) in [5, 5.41) is 1.71. The van der Waals surface area contributed by atoms with Crippen molar-refractivity contribution in [3.63, 3.8) is 0 Å². The van der Waals surface area contributed by atoms with E-state index >= 15 is 0 Å². The average Bonchev–Trinajstić information content (AvgIpc) is 2.90. The van der Waals surface area contributed by atoms with E-state index in [9.17, 15) is 13.2 Å². The number of halogens is 1. The Hall–Kier alpha value is -2.11. The van der Waals surface area contributed by atoms with Crippen molar-refractivity contribution in [3.8, 4) is 0 Å². The van der Waals surface area contributed by atoms with Crippen LogP contribution >= 0.6 is 11.6 Å². The molecule has 1 aliphatic heterocycles. The lowest BCUT2D eigenvalue weighted by molar-refractivity contribution is 0.0983. The van der Waals surface area contributed by atoms with Gasteiger partial charge < -0.3 is 4.90 Å². The minimum atomic E-state index is -3.27. The Bertz CT molecular complexity index is 887. The molecule has 124 valence electrons. The lowest BCUT2D eigenvalue weighted by Crippen LogP contribution is -2.41. The number of amides is 1. The SMILES string of the molecule is Cc1ccc(N(C(=O)c2ccc(Cl)cc2)[C@H]2C=CS(=O)(=O)C2)cc1. The van der Waals surface area contributed by atoms with Gasteiger partial charge in [-0.05, 0) is 49.4 Å². The third-order valence-electron chi connectivity index (χ3n) is 3.86. The van der Waals surface area contributed by atoms with Gasteiger partial charge in [-0.1, -0.05) is 29.3 Å². The van der Waals surface area contributed by atoms with Crippen LogP contribution in [0.1, 0.15) is 15.9 Å². The molecule has 1 aliphatic rings. The zero-order valence-corrected chi connectivity index (χ0v) is 14.6. The highest BCUT2D eigenvalue weighted by molar-refractivity contribution is 7.94. The maximum absolute atomic E-state index is 13.0. The van der Waals surface area contributed by atoms with Crippen LogP contribution in [0, 0.1) is 6.92 Å². The monoisotopic (exact) mass is 361 g/mol. The van der Waals surface area contributed by atoms with E-state index in [0.29, 0.717) is 16.3 Å². The number of hydrogen-bond acceptors (Lipinski definition) is 3. The lowest BCUT2D eigenvalue weighted by atomic mass is 10.1. The van der Waals surface area contributed by atoms with Gasteiger partial charge in [0.15, 0.2) is 9.84 Å². The maximum atomic E-state index is 13.0. The topological polar surface area (TPSA) is 54.5 Å². The van der Waals surface area contributed by atoms with Gasteiger partial charge in [0.05, 0.1) is 11.8 Å². The van der Waals surface area contributed by atoms with Gasteiger partial charge in [-0.2, -0.15) is 0 Å². The Kier molecular flexibility index (Phi) is 4.47. The van der Waals surface area contributed by atoms with E-state index in [0.717, 1.165) is 5.56 Å². The summed E-state index contributed by atoms with van der Waals surface area (Å²) >= 11 is 5.88. The highest BCUT2D eigenvalue weighted by atomic mass is 35.5. The molecule has 0 aromatic heterocycles. The van der Waals surface area contributed by atoms with Crippen molar-refractivity contribution in [2.45, 2.75) is 13.0 Å². The molecule has 1 atom stereocenters. The van der Waals surface area contributed by atoms with E-state index < -0.39 is 15.9 Å². The van der Waals surface area contributed by atoms with Crippen molar-refractivity contribution in [2.24, 2.45) is 0 Å². The zero-order chi connectivity index (χ0) is 17.3. The van der Waals surface area contributed by atoms with Crippen LogP contribution < -0.4 is 4.90 Å². The summed E-state index contributed by atoms with van der Waals surface area (Å²) in [6.45, 7) is 1.95. The van der Waals surface area contributed by atoms with E-state index in [1.807, 2.05) is 31.2 Å². The summed E-state index contributed by atoms with van der Waals surface area (Å²) in [7, 11) is -3.27. The second kappa shape index (κ2) is 6.42. The smallest absolute Gasteiger partial charge is 0.258 e. The van der Waals surface area contributed by atoms with Crippen molar-refractivity contribution in [3.05, 3.63) is 76.2 Å². The van der Waals surface area contributed by atoms with Gasteiger partial charge in [0.1, 0.15) is 0 Å². The van der Waals surface area contributed by atoms with Gasteiger partial charge in [-0.3, -0.25) is 4.79 Å². The number of anilines is 1. The molecular formula is C18H16ClNO3S. The quantitative estimate of drug-likeness (QED) is 0.839. The molecule has 0 N–H and O–H groups in total. The van der Waals surface area contributed by atoms with Crippen LogP contribution in [0.25, 0.3) is 0 Å². The van der Waals surface area contributed by atoms with E-state index in [1.54, 1.807) is 30.3 Å². The van der Waals surface area contributed by atoms with Crippen LogP contribution in [0.2, 0.25) is 5.02 Å². The van der Waals surface area contributed by atoms with Crippen LogP contribution in [0.3, 0.4) is 0 Å². The Balaban J connectivity index is 2.01. The van der Waals surface area contributed by atoms with Gasteiger partial charge in [0.2, 0.25) is 0 Å².